The Bertz CT molecular complexity index is 284. The van der Waals surface area contributed by atoms with Gasteiger partial charge >= 0.3 is 11.9 Å². The summed E-state index contributed by atoms with van der Waals surface area (Å²) in [6.45, 7) is 3.86. The van der Waals surface area contributed by atoms with Crippen LogP contribution in [0.1, 0.15) is 26.7 Å². The number of hydrogen-bond donors (Lipinski definition) is 1. The third-order valence-electron chi connectivity index (χ3n) is 1.68. The number of rotatable bonds is 9. The quantitative estimate of drug-likeness (QED) is 0.375. The van der Waals surface area contributed by atoms with Gasteiger partial charge in [0.15, 0.2) is 0 Å². The number of hydrogen-bond acceptors (Lipinski definition) is 6. The summed E-state index contributed by atoms with van der Waals surface area (Å²) in [7, 11) is 0. The Morgan fingerprint density at radius 3 is 2.17 bits per heavy atom. The highest BCUT2D eigenvalue weighted by Crippen LogP contribution is 2.03. The molecule has 0 aliphatic heterocycles. The standard InChI is InChI=1S/C12H20O6/c1-3-6-17-11(14)9-10(16-8-5-13)12(15)18-7-4-2/h9,13H,3-8H2,1-2H3/b10-9+. The molecule has 0 radical (unpaired) electrons. The molecule has 18 heavy (non-hydrogen) atoms. The van der Waals surface area contributed by atoms with Crippen LogP contribution in [-0.4, -0.2) is 43.5 Å². The van der Waals surface area contributed by atoms with Crippen molar-refractivity contribution in [3.63, 3.8) is 0 Å². The summed E-state index contributed by atoms with van der Waals surface area (Å²) in [6, 6.07) is 0. The van der Waals surface area contributed by atoms with E-state index in [9.17, 15) is 9.59 Å². The van der Waals surface area contributed by atoms with E-state index in [-0.39, 0.29) is 32.2 Å². The Labute approximate surface area is 107 Å². The molecule has 1 N–H and O–H groups in total. The number of aliphatic hydroxyl groups is 1. The van der Waals surface area contributed by atoms with Crippen LogP contribution in [-0.2, 0) is 23.8 Å². The van der Waals surface area contributed by atoms with Gasteiger partial charge in [-0.05, 0) is 12.8 Å². The minimum absolute atomic E-state index is 0.0892. The predicted molar refractivity (Wildman–Crippen MR) is 63.6 cm³/mol. The molecule has 0 atom stereocenters. The van der Waals surface area contributed by atoms with Gasteiger partial charge in [-0.3, -0.25) is 0 Å². The van der Waals surface area contributed by atoms with Crippen molar-refractivity contribution in [2.24, 2.45) is 0 Å². The van der Waals surface area contributed by atoms with Crippen LogP contribution < -0.4 is 0 Å². The third kappa shape index (κ3) is 7.67. The molecule has 0 heterocycles. The Kier molecular flexibility index (Phi) is 9.67. The second-order valence-corrected chi connectivity index (χ2v) is 3.38. The number of aliphatic hydroxyl groups excluding tert-OH is 1. The molecule has 104 valence electrons. The molecule has 0 aromatic heterocycles. The van der Waals surface area contributed by atoms with E-state index in [1.165, 1.54) is 0 Å². The maximum atomic E-state index is 11.5. The first-order valence-electron chi connectivity index (χ1n) is 5.94. The third-order valence-corrected chi connectivity index (χ3v) is 1.68. The molecule has 0 spiro atoms. The van der Waals surface area contributed by atoms with Gasteiger partial charge in [0.05, 0.1) is 25.9 Å². The van der Waals surface area contributed by atoms with Gasteiger partial charge in [0, 0.05) is 0 Å². The average molecular weight is 260 g/mol. The molecule has 0 amide bonds. The minimum atomic E-state index is -0.737. The number of esters is 2. The number of carbonyl (C=O) groups is 2. The summed E-state index contributed by atoms with van der Waals surface area (Å²) in [5.74, 6) is -1.66. The van der Waals surface area contributed by atoms with Crippen LogP contribution in [0, 0.1) is 0 Å². The lowest BCUT2D eigenvalue weighted by molar-refractivity contribution is -0.145. The molecular formula is C12H20O6. The Balaban J connectivity index is 4.48. The highest BCUT2D eigenvalue weighted by Gasteiger charge is 2.15. The fourth-order valence-corrected chi connectivity index (χ4v) is 0.932. The lowest BCUT2D eigenvalue weighted by atomic mass is 10.4. The number of carbonyl (C=O) groups excluding carboxylic acids is 2. The van der Waals surface area contributed by atoms with Crippen molar-refractivity contribution in [2.45, 2.75) is 26.7 Å². The minimum Gasteiger partial charge on any atom is -0.484 e. The van der Waals surface area contributed by atoms with Gasteiger partial charge in [-0.2, -0.15) is 0 Å². The van der Waals surface area contributed by atoms with E-state index in [0.717, 1.165) is 6.08 Å². The molecule has 6 nitrogen and oxygen atoms in total. The van der Waals surface area contributed by atoms with E-state index >= 15 is 0 Å². The van der Waals surface area contributed by atoms with Crippen LogP contribution in [0.4, 0.5) is 0 Å². The molecule has 0 aromatic rings. The molecule has 0 fully saturated rings. The summed E-state index contributed by atoms with van der Waals surface area (Å²) in [5.41, 5.74) is 0. The largest absolute Gasteiger partial charge is 0.484 e. The molecular weight excluding hydrogens is 240 g/mol. The van der Waals surface area contributed by atoms with Crippen molar-refractivity contribution < 1.29 is 28.9 Å². The first-order valence-corrected chi connectivity index (χ1v) is 5.94. The lowest BCUT2D eigenvalue weighted by Gasteiger charge is -2.08. The summed E-state index contributed by atoms with van der Waals surface area (Å²) in [6.07, 6.45) is 2.29. The van der Waals surface area contributed by atoms with Crippen molar-refractivity contribution in [1.29, 1.82) is 0 Å². The molecule has 0 saturated heterocycles. The van der Waals surface area contributed by atoms with Crippen LogP contribution in [0.3, 0.4) is 0 Å². The zero-order chi connectivity index (χ0) is 13.8. The van der Waals surface area contributed by atoms with Crippen LogP contribution >= 0.6 is 0 Å². The summed E-state index contributed by atoms with van der Waals surface area (Å²) in [4.78, 5) is 22.8. The van der Waals surface area contributed by atoms with Crippen LogP contribution in [0.2, 0.25) is 0 Å². The topological polar surface area (TPSA) is 82.1 Å². The van der Waals surface area contributed by atoms with Gasteiger partial charge in [0.25, 0.3) is 0 Å². The van der Waals surface area contributed by atoms with Crippen LogP contribution in [0.5, 0.6) is 0 Å². The summed E-state index contributed by atoms with van der Waals surface area (Å²) in [5, 5.41) is 8.63. The van der Waals surface area contributed by atoms with Crippen molar-refractivity contribution >= 4 is 11.9 Å². The van der Waals surface area contributed by atoms with Gasteiger partial charge in [-0.25, -0.2) is 9.59 Å². The maximum Gasteiger partial charge on any atom is 0.373 e. The first kappa shape index (κ1) is 16.4. The molecule has 0 bridgehead atoms. The first-order chi connectivity index (χ1) is 8.65. The molecule has 0 unspecified atom stereocenters. The fraction of sp³-hybridized carbons (Fsp3) is 0.667. The van der Waals surface area contributed by atoms with E-state index in [4.69, 9.17) is 19.3 Å². The second-order valence-electron chi connectivity index (χ2n) is 3.38. The summed E-state index contributed by atoms with van der Waals surface area (Å²) >= 11 is 0. The molecule has 0 aromatic carbocycles. The van der Waals surface area contributed by atoms with E-state index in [1.54, 1.807) is 0 Å². The van der Waals surface area contributed by atoms with E-state index in [2.05, 4.69) is 0 Å². The molecule has 0 aliphatic carbocycles. The SMILES string of the molecule is CCCOC(=O)/C=C(/OCCO)C(=O)OCCC. The smallest absolute Gasteiger partial charge is 0.373 e. The van der Waals surface area contributed by atoms with Crippen molar-refractivity contribution in [1.82, 2.24) is 0 Å². The average Bonchev–Trinajstić information content (AvgIpc) is 2.38. The van der Waals surface area contributed by atoms with Gasteiger partial charge < -0.3 is 19.3 Å². The van der Waals surface area contributed by atoms with Gasteiger partial charge in [0.1, 0.15) is 6.61 Å². The Morgan fingerprint density at radius 2 is 1.61 bits per heavy atom. The van der Waals surface area contributed by atoms with Crippen molar-refractivity contribution in [3.8, 4) is 0 Å². The van der Waals surface area contributed by atoms with Gasteiger partial charge in [-0.1, -0.05) is 13.8 Å². The van der Waals surface area contributed by atoms with Gasteiger partial charge in [0.2, 0.25) is 5.76 Å². The monoisotopic (exact) mass is 260 g/mol. The summed E-state index contributed by atoms with van der Waals surface area (Å²) < 4.78 is 14.6. The molecule has 6 heteroatoms. The van der Waals surface area contributed by atoms with E-state index in [0.29, 0.717) is 12.8 Å². The van der Waals surface area contributed by atoms with Crippen LogP contribution in [0.25, 0.3) is 0 Å². The zero-order valence-corrected chi connectivity index (χ0v) is 10.8. The van der Waals surface area contributed by atoms with E-state index < -0.39 is 11.9 Å². The van der Waals surface area contributed by atoms with Crippen LogP contribution in [0.15, 0.2) is 11.8 Å². The van der Waals surface area contributed by atoms with Crippen molar-refractivity contribution in [3.05, 3.63) is 11.8 Å². The van der Waals surface area contributed by atoms with E-state index in [1.807, 2.05) is 13.8 Å². The molecule has 0 saturated carbocycles. The highest BCUT2D eigenvalue weighted by molar-refractivity contribution is 5.94. The lowest BCUT2D eigenvalue weighted by Crippen LogP contribution is -2.15. The molecule has 0 aliphatic rings. The maximum absolute atomic E-state index is 11.5. The second kappa shape index (κ2) is 10.6. The molecule has 0 rings (SSSR count). The Morgan fingerprint density at radius 1 is 1.00 bits per heavy atom. The van der Waals surface area contributed by atoms with Crippen molar-refractivity contribution in [2.75, 3.05) is 26.4 Å². The fourth-order valence-electron chi connectivity index (χ4n) is 0.932. The zero-order valence-electron chi connectivity index (χ0n) is 10.8. The number of ether oxygens (including phenoxy) is 3. The highest BCUT2D eigenvalue weighted by atomic mass is 16.6. The van der Waals surface area contributed by atoms with Gasteiger partial charge in [-0.15, -0.1) is 0 Å². The normalized spacial score (nSPS) is 10.9. The Hall–Kier alpha value is -1.56. The predicted octanol–water partition coefficient (Wildman–Crippen LogP) is 0.786.